The molecule has 0 aliphatic carbocycles. The summed E-state index contributed by atoms with van der Waals surface area (Å²) in [5, 5.41) is 14.1. The van der Waals surface area contributed by atoms with Crippen molar-refractivity contribution in [1.29, 1.82) is 0 Å². The minimum Gasteiger partial charge on any atom is -0.487 e. The summed E-state index contributed by atoms with van der Waals surface area (Å²) in [6.07, 6.45) is 2.42. The van der Waals surface area contributed by atoms with Gasteiger partial charge in [0.25, 0.3) is 5.91 Å². The minimum absolute atomic E-state index is 0.165. The first-order chi connectivity index (χ1) is 12.2. The molecule has 1 atom stereocenters. The van der Waals surface area contributed by atoms with E-state index in [0.29, 0.717) is 19.1 Å². The van der Waals surface area contributed by atoms with Crippen molar-refractivity contribution in [3.63, 3.8) is 0 Å². The number of hydrogen-bond acceptors (Lipinski definition) is 5. The first kappa shape index (κ1) is 20.2. The maximum Gasteiger partial charge on any atom is 0.311 e. The second-order valence-electron chi connectivity index (χ2n) is 7.56. The monoisotopic (exact) mass is 363 g/mol. The highest BCUT2D eigenvalue weighted by Gasteiger charge is 2.30. The highest BCUT2D eigenvalue weighted by molar-refractivity contribution is 5.95. The van der Waals surface area contributed by atoms with Gasteiger partial charge in [-0.15, -0.1) is 0 Å². The summed E-state index contributed by atoms with van der Waals surface area (Å²) in [5.41, 5.74) is -0.0896. The number of nitrogens with one attached hydrogen (secondary N) is 1. The summed E-state index contributed by atoms with van der Waals surface area (Å²) in [7, 11) is 0. The third-order valence-electron chi connectivity index (χ3n) is 4.91. The fourth-order valence-electron chi connectivity index (χ4n) is 3.33. The number of ether oxygens (including phenoxy) is 1. The average Bonchev–Trinajstić information content (AvgIpc) is 2.60. The van der Waals surface area contributed by atoms with Crippen molar-refractivity contribution in [3.05, 3.63) is 33.9 Å². The number of benzene rings is 1. The molecule has 1 aliphatic rings. The van der Waals surface area contributed by atoms with E-state index in [-0.39, 0.29) is 28.4 Å². The van der Waals surface area contributed by atoms with Gasteiger partial charge in [0.2, 0.25) is 0 Å². The number of rotatable bonds is 7. The SMILES string of the molecule is CCOc1ccc(C(=O)NCC(C)(C)N2CCC[C@H](C)C2)cc1[N+](=O)[O-]. The first-order valence-corrected chi connectivity index (χ1v) is 9.19. The van der Waals surface area contributed by atoms with Gasteiger partial charge in [-0.2, -0.15) is 0 Å². The van der Waals surface area contributed by atoms with Crippen LogP contribution >= 0.6 is 0 Å². The average molecular weight is 363 g/mol. The fraction of sp³-hybridized carbons (Fsp3) is 0.632. The van der Waals surface area contributed by atoms with Crippen molar-refractivity contribution in [2.45, 2.75) is 46.1 Å². The maximum atomic E-state index is 12.5. The highest BCUT2D eigenvalue weighted by Crippen LogP contribution is 2.28. The second-order valence-corrected chi connectivity index (χ2v) is 7.56. The van der Waals surface area contributed by atoms with Crippen LogP contribution in [-0.2, 0) is 0 Å². The van der Waals surface area contributed by atoms with Crippen molar-refractivity contribution in [2.24, 2.45) is 5.92 Å². The zero-order chi connectivity index (χ0) is 19.3. The molecule has 26 heavy (non-hydrogen) atoms. The lowest BCUT2D eigenvalue weighted by Gasteiger charge is -2.43. The second kappa shape index (κ2) is 8.49. The lowest BCUT2D eigenvalue weighted by Crippen LogP contribution is -2.54. The number of carbonyl (C=O) groups excluding carboxylic acids is 1. The molecular weight excluding hydrogens is 334 g/mol. The lowest BCUT2D eigenvalue weighted by atomic mass is 9.93. The van der Waals surface area contributed by atoms with Crippen molar-refractivity contribution in [3.8, 4) is 5.75 Å². The summed E-state index contributed by atoms with van der Waals surface area (Å²) in [5.74, 6) is 0.526. The van der Waals surface area contributed by atoms with Crippen LogP contribution in [0.4, 0.5) is 5.69 Å². The largest absolute Gasteiger partial charge is 0.487 e. The summed E-state index contributed by atoms with van der Waals surface area (Å²) >= 11 is 0. The predicted molar refractivity (Wildman–Crippen MR) is 101 cm³/mol. The lowest BCUT2D eigenvalue weighted by molar-refractivity contribution is -0.385. The van der Waals surface area contributed by atoms with E-state index in [1.807, 2.05) is 0 Å². The molecule has 1 N–H and O–H groups in total. The molecule has 2 rings (SSSR count). The highest BCUT2D eigenvalue weighted by atomic mass is 16.6. The Balaban J connectivity index is 2.05. The zero-order valence-electron chi connectivity index (χ0n) is 16.1. The predicted octanol–water partition coefficient (Wildman–Crippen LogP) is 3.23. The Labute approximate surface area is 154 Å². The molecule has 144 valence electrons. The van der Waals surface area contributed by atoms with Crippen molar-refractivity contribution in [1.82, 2.24) is 10.2 Å². The van der Waals surface area contributed by atoms with Crippen LogP contribution in [0.25, 0.3) is 0 Å². The summed E-state index contributed by atoms with van der Waals surface area (Å²) in [6.45, 7) is 11.1. The van der Waals surface area contributed by atoms with E-state index in [1.54, 1.807) is 13.0 Å². The van der Waals surface area contributed by atoms with Gasteiger partial charge in [-0.1, -0.05) is 6.92 Å². The Bertz CT molecular complexity index is 660. The molecular formula is C19H29N3O4. The zero-order valence-corrected chi connectivity index (χ0v) is 16.1. The van der Waals surface area contributed by atoms with E-state index in [9.17, 15) is 14.9 Å². The van der Waals surface area contributed by atoms with Gasteiger partial charge in [0.1, 0.15) is 0 Å². The number of hydrogen-bond donors (Lipinski definition) is 1. The van der Waals surface area contributed by atoms with Crippen LogP contribution in [-0.4, -0.2) is 47.5 Å². The molecule has 7 nitrogen and oxygen atoms in total. The third-order valence-corrected chi connectivity index (χ3v) is 4.91. The van der Waals surface area contributed by atoms with Crippen LogP contribution in [0.1, 0.15) is 50.9 Å². The molecule has 0 unspecified atom stereocenters. The Kier molecular flexibility index (Phi) is 6.58. The van der Waals surface area contributed by atoms with Gasteiger partial charge in [-0.3, -0.25) is 19.8 Å². The summed E-state index contributed by atoms with van der Waals surface area (Å²) in [4.78, 5) is 25.6. The number of amides is 1. The van der Waals surface area contributed by atoms with Crippen molar-refractivity contribution < 1.29 is 14.5 Å². The number of carbonyl (C=O) groups is 1. The molecule has 0 aromatic heterocycles. The molecule has 0 spiro atoms. The van der Waals surface area contributed by atoms with Gasteiger partial charge in [-0.25, -0.2) is 0 Å². The Morgan fingerprint density at radius 3 is 2.81 bits per heavy atom. The summed E-state index contributed by atoms with van der Waals surface area (Å²) < 4.78 is 5.26. The normalized spacial score (nSPS) is 18.4. The molecule has 1 aromatic carbocycles. The van der Waals surface area contributed by atoms with Gasteiger partial charge < -0.3 is 10.1 Å². The van der Waals surface area contributed by atoms with Crippen LogP contribution < -0.4 is 10.1 Å². The molecule has 0 saturated carbocycles. The number of likely N-dealkylation sites (tertiary alicyclic amines) is 1. The van der Waals surface area contributed by atoms with E-state index >= 15 is 0 Å². The van der Waals surface area contributed by atoms with Gasteiger partial charge in [0.15, 0.2) is 5.75 Å². The van der Waals surface area contributed by atoms with Crippen molar-refractivity contribution >= 4 is 11.6 Å². The molecule has 1 heterocycles. The van der Waals surface area contributed by atoms with Crippen LogP contribution in [0.15, 0.2) is 18.2 Å². The topological polar surface area (TPSA) is 84.7 Å². The van der Waals surface area contributed by atoms with Crippen LogP contribution in [0.2, 0.25) is 0 Å². The smallest absolute Gasteiger partial charge is 0.311 e. The quantitative estimate of drug-likeness (QED) is 0.594. The number of nitrogens with zero attached hydrogens (tertiary/aromatic N) is 2. The molecule has 0 bridgehead atoms. The van der Waals surface area contributed by atoms with Crippen molar-refractivity contribution in [2.75, 3.05) is 26.2 Å². The Morgan fingerprint density at radius 2 is 2.19 bits per heavy atom. The maximum absolute atomic E-state index is 12.5. The molecule has 7 heteroatoms. The van der Waals surface area contributed by atoms with Gasteiger partial charge in [-0.05, 0) is 58.2 Å². The van der Waals surface area contributed by atoms with E-state index in [0.717, 1.165) is 13.1 Å². The van der Waals surface area contributed by atoms with E-state index in [4.69, 9.17) is 4.74 Å². The molecule has 0 radical (unpaired) electrons. The van der Waals surface area contributed by atoms with E-state index < -0.39 is 4.92 Å². The standard InChI is InChI=1S/C19H29N3O4/c1-5-26-17-9-8-15(11-16(17)22(24)25)18(23)20-13-19(3,4)21-10-6-7-14(2)12-21/h8-9,11,14H,5-7,10,12-13H2,1-4H3,(H,20,23)/t14-/m0/s1. The molecule has 1 aliphatic heterocycles. The van der Waals surface area contributed by atoms with Crippen LogP contribution in [0.3, 0.4) is 0 Å². The van der Waals surface area contributed by atoms with Gasteiger partial charge in [0, 0.05) is 30.3 Å². The summed E-state index contributed by atoms with van der Waals surface area (Å²) in [6, 6.07) is 4.31. The minimum atomic E-state index is -0.527. The van der Waals surface area contributed by atoms with Crippen LogP contribution in [0, 0.1) is 16.0 Å². The molecule has 1 saturated heterocycles. The van der Waals surface area contributed by atoms with E-state index in [2.05, 4.69) is 31.0 Å². The molecule has 1 amide bonds. The Hall–Kier alpha value is -2.15. The van der Waals surface area contributed by atoms with Gasteiger partial charge >= 0.3 is 5.69 Å². The number of piperidine rings is 1. The number of nitro groups is 1. The molecule has 1 aromatic rings. The number of nitro benzene ring substituents is 1. The van der Waals surface area contributed by atoms with E-state index in [1.165, 1.54) is 25.0 Å². The van der Waals surface area contributed by atoms with Crippen LogP contribution in [0.5, 0.6) is 5.75 Å². The third kappa shape index (κ3) is 4.94. The molecule has 1 fully saturated rings. The first-order valence-electron chi connectivity index (χ1n) is 9.19. The Morgan fingerprint density at radius 1 is 1.46 bits per heavy atom. The fourth-order valence-corrected chi connectivity index (χ4v) is 3.33. The van der Waals surface area contributed by atoms with Gasteiger partial charge in [0.05, 0.1) is 11.5 Å².